The molecule has 4 nitrogen and oxygen atoms in total. The van der Waals surface area contributed by atoms with Gasteiger partial charge >= 0.3 is 12.4 Å². The first-order chi connectivity index (χ1) is 14.0. The Bertz CT molecular complexity index is 927. The minimum atomic E-state index is -4.90. The molecule has 0 radical (unpaired) electrons. The number of benzene rings is 1. The van der Waals surface area contributed by atoms with E-state index in [9.17, 15) is 26.3 Å². The Labute approximate surface area is 178 Å². The van der Waals surface area contributed by atoms with E-state index < -0.39 is 31.8 Å². The fourth-order valence-corrected chi connectivity index (χ4v) is 4.23. The molecule has 3 rings (SSSR count). The second kappa shape index (κ2) is 7.61. The molecule has 172 valence electrons. The lowest BCUT2D eigenvalue weighted by Crippen LogP contribution is -2.45. The maximum Gasteiger partial charge on any atom is 0.416 e. The van der Waals surface area contributed by atoms with Crippen LogP contribution in [-0.4, -0.2) is 24.7 Å². The summed E-state index contributed by atoms with van der Waals surface area (Å²) in [4.78, 5) is 0. The third kappa shape index (κ3) is 4.97. The molecule has 0 unspecified atom stereocenters. The predicted octanol–water partition coefficient (Wildman–Crippen LogP) is 5.71. The van der Waals surface area contributed by atoms with Crippen molar-refractivity contribution >= 4 is 8.32 Å². The Morgan fingerprint density at radius 3 is 2.06 bits per heavy atom. The van der Waals surface area contributed by atoms with E-state index in [-0.39, 0.29) is 22.8 Å². The Kier molecular flexibility index (Phi) is 5.84. The fourth-order valence-electron chi connectivity index (χ4n) is 3.19. The Morgan fingerprint density at radius 2 is 1.58 bits per heavy atom. The number of rotatable bonds is 4. The molecule has 0 fully saturated rings. The minimum absolute atomic E-state index is 0.0231. The molecule has 1 aliphatic rings. The number of nitrogens with zero attached hydrogens (tertiary/aromatic N) is 3. The van der Waals surface area contributed by atoms with Gasteiger partial charge in [-0.3, -0.25) is 0 Å². The van der Waals surface area contributed by atoms with Gasteiger partial charge in [0.05, 0.1) is 17.7 Å². The molecule has 1 aliphatic heterocycles. The number of aromatic nitrogens is 3. The van der Waals surface area contributed by atoms with Gasteiger partial charge < -0.3 is 4.43 Å². The summed E-state index contributed by atoms with van der Waals surface area (Å²) in [5, 5.41) is 4.27. The number of hydrogen-bond donors (Lipinski definition) is 0. The van der Waals surface area contributed by atoms with Gasteiger partial charge in [0.25, 0.3) is 5.82 Å². The van der Waals surface area contributed by atoms with Gasteiger partial charge in [0.2, 0.25) is 6.33 Å². The van der Waals surface area contributed by atoms with Crippen LogP contribution in [0.25, 0.3) is 5.69 Å². The molecule has 11 heteroatoms. The average molecular weight is 467 g/mol. The predicted molar refractivity (Wildman–Crippen MR) is 104 cm³/mol. The van der Waals surface area contributed by atoms with Crippen molar-refractivity contribution < 1.29 is 35.3 Å². The zero-order chi connectivity index (χ0) is 23.4. The fraction of sp³-hybridized carbons (Fsp3) is 0.600. The number of hydrogen-bond acceptors (Lipinski definition) is 2. The zero-order valence-corrected chi connectivity index (χ0v) is 19.0. The lowest BCUT2D eigenvalue weighted by molar-refractivity contribution is -0.718. The van der Waals surface area contributed by atoms with Gasteiger partial charge in [0.15, 0.2) is 8.32 Å². The molecule has 0 saturated heterocycles. The average Bonchev–Trinajstić information content (AvgIpc) is 3.18. The van der Waals surface area contributed by atoms with Crippen molar-refractivity contribution in [3.63, 3.8) is 0 Å². The van der Waals surface area contributed by atoms with E-state index in [4.69, 9.17) is 4.43 Å². The summed E-state index contributed by atoms with van der Waals surface area (Å²) in [5.41, 5.74) is -3.01. The number of aryl methyl sites for hydroxylation is 1. The van der Waals surface area contributed by atoms with Crippen LogP contribution in [0.1, 0.15) is 50.2 Å². The van der Waals surface area contributed by atoms with Gasteiger partial charge in [-0.25, -0.2) is 4.57 Å². The van der Waals surface area contributed by atoms with Crippen LogP contribution in [0.2, 0.25) is 18.1 Å². The Morgan fingerprint density at radius 1 is 1.03 bits per heavy atom. The maximum absolute atomic E-state index is 13.2. The smallest absolute Gasteiger partial charge is 0.413 e. The van der Waals surface area contributed by atoms with E-state index in [2.05, 4.69) is 39.0 Å². The quantitative estimate of drug-likeness (QED) is 0.329. The second-order valence-electron chi connectivity index (χ2n) is 9.41. The summed E-state index contributed by atoms with van der Waals surface area (Å²) in [7, 11) is -2.00. The van der Waals surface area contributed by atoms with Gasteiger partial charge in [0, 0.05) is 11.5 Å². The normalized spacial score (nSPS) is 17.8. The highest BCUT2D eigenvalue weighted by atomic mass is 28.4. The third-order valence-electron chi connectivity index (χ3n) is 6.13. The van der Waals surface area contributed by atoms with E-state index in [1.807, 2.05) is 0 Å². The largest absolute Gasteiger partial charge is 0.416 e. The summed E-state index contributed by atoms with van der Waals surface area (Å²) >= 11 is 0. The second-order valence-corrected chi connectivity index (χ2v) is 14.2. The Hall–Kier alpha value is -1.88. The highest BCUT2D eigenvalue weighted by Crippen LogP contribution is 2.38. The van der Waals surface area contributed by atoms with Gasteiger partial charge in [-0.2, -0.15) is 26.3 Å². The maximum atomic E-state index is 13.2. The monoisotopic (exact) mass is 466 g/mol. The third-order valence-corrected chi connectivity index (χ3v) is 10.6. The molecule has 1 aromatic heterocycles. The van der Waals surface area contributed by atoms with Crippen LogP contribution in [0.3, 0.4) is 0 Å². The van der Waals surface area contributed by atoms with E-state index in [0.717, 1.165) is 11.1 Å². The van der Waals surface area contributed by atoms with E-state index in [1.165, 1.54) is 6.33 Å². The van der Waals surface area contributed by atoms with Gasteiger partial charge in [-0.1, -0.05) is 25.5 Å². The van der Waals surface area contributed by atoms with Crippen LogP contribution < -0.4 is 4.57 Å². The lowest BCUT2D eigenvalue weighted by Gasteiger charge is -2.36. The Balaban J connectivity index is 1.92. The molecule has 0 spiro atoms. The molecule has 0 saturated carbocycles. The van der Waals surface area contributed by atoms with Crippen molar-refractivity contribution in [3.8, 4) is 5.69 Å². The molecule has 0 aliphatic carbocycles. The SMILES string of the molecule is CC(C)(C)[Si](C)(C)OC[C@@H]1CCc2nn(-c3cc(C(F)(F)F)cc(C(F)(F)F)c3)c[n+]21. The highest BCUT2D eigenvalue weighted by molar-refractivity contribution is 6.74. The van der Waals surface area contributed by atoms with Crippen molar-refractivity contribution in [1.82, 2.24) is 9.78 Å². The van der Waals surface area contributed by atoms with E-state index in [0.29, 0.717) is 31.0 Å². The van der Waals surface area contributed by atoms with Crippen LogP contribution in [0.4, 0.5) is 26.3 Å². The zero-order valence-electron chi connectivity index (χ0n) is 18.0. The number of fused-ring (bicyclic) bond motifs is 1. The van der Waals surface area contributed by atoms with Crippen LogP contribution in [0.15, 0.2) is 24.5 Å². The van der Waals surface area contributed by atoms with Gasteiger partial charge in [-0.05, 0) is 42.8 Å². The van der Waals surface area contributed by atoms with Crippen LogP contribution in [0.5, 0.6) is 0 Å². The highest BCUT2D eigenvalue weighted by Gasteiger charge is 2.41. The molecular weight excluding hydrogens is 440 g/mol. The summed E-state index contributed by atoms with van der Waals surface area (Å²) in [5.74, 6) is 0.606. The molecule has 0 amide bonds. The van der Waals surface area contributed by atoms with Crippen LogP contribution in [-0.2, 0) is 23.2 Å². The van der Waals surface area contributed by atoms with Crippen molar-refractivity contribution in [1.29, 1.82) is 0 Å². The molecule has 0 N–H and O–H groups in total. The van der Waals surface area contributed by atoms with Crippen LogP contribution >= 0.6 is 0 Å². The summed E-state index contributed by atoms with van der Waals surface area (Å²) in [6.45, 7) is 11.0. The first-order valence-electron chi connectivity index (χ1n) is 9.92. The standard InChI is InChI=1S/C20H26F6N3OSi/c1-18(2,3)31(4,5)30-11-15-6-7-17-27-29(12-28(15)17)16-9-13(19(21,22)23)8-14(10-16)20(24,25)26/h8-10,12,15H,6-7,11H2,1-5H3/q+1/t15-/m0/s1. The summed E-state index contributed by atoms with van der Waals surface area (Å²) < 4.78 is 88.1. The van der Waals surface area contributed by atoms with Gasteiger partial charge in [0.1, 0.15) is 11.7 Å². The lowest BCUT2D eigenvalue weighted by atomic mass is 10.1. The molecule has 1 atom stereocenters. The molecule has 0 bridgehead atoms. The van der Waals surface area contributed by atoms with Crippen molar-refractivity contribution in [2.45, 2.75) is 70.1 Å². The number of alkyl halides is 6. The van der Waals surface area contributed by atoms with Crippen molar-refractivity contribution in [2.75, 3.05) is 6.61 Å². The van der Waals surface area contributed by atoms with E-state index >= 15 is 0 Å². The molecule has 1 aromatic carbocycles. The first kappa shape index (κ1) is 23.8. The number of halogens is 6. The van der Waals surface area contributed by atoms with Crippen molar-refractivity contribution in [3.05, 3.63) is 41.5 Å². The molecular formula is C20H26F6N3OSi+. The molecule has 2 heterocycles. The van der Waals surface area contributed by atoms with Crippen LogP contribution in [0, 0.1) is 0 Å². The van der Waals surface area contributed by atoms with Gasteiger partial charge in [-0.15, -0.1) is 0 Å². The van der Waals surface area contributed by atoms with E-state index in [1.54, 1.807) is 4.57 Å². The molecule has 2 aromatic rings. The summed E-state index contributed by atoms with van der Waals surface area (Å²) in [6, 6.07) is 1.41. The molecule has 31 heavy (non-hydrogen) atoms. The minimum Gasteiger partial charge on any atom is -0.413 e. The first-order valence-corrected chi connectivity index (χ1v) is 12.8. The van der Waals surface area contributed by atoms with Crippen molar-refractivity contribution in [2.24, 2.45) is 0 Å². The summed E-state index contributed by atoms with van der Waals surface area (Å²) in [6.07, 6.45) is -7.02. The topological polar surface area (TPSA) is 30.9 Å².